The van der Waals surface area contributed by atoms with E-state index in [1.54, 1.807) is 0 Å². The van der Waals surface area contributed by atoms with Crippen LogP contribution in [-0.2, 0) is 11.3 Å². The number of alkyl carbamates (subject to hydrolysis) is 1. The van der Waals surface area contributed by atoms with Crippen molar-refractivity contribution in [1.29, 1.82) is 0 Å². The second kappa shape index (κ2) is 6.04. The molecule has 0 aliphatic heterocycles. The van der Waals surface area contributed by atoms with Crippen molar-refractivity contribution in [3.8, 4) is 11.3 Å². The number of furan rings is 1. The maximum absolute atomic E-state index is 11.6. The highest BCUT2D eigenvalue weighted by Gasteiger charge is 2.16. The van der Waals surface area contributed by atoms with Gasteiger partial charge in [0.2, 0.25) is 0 Å². The highest BCUT2D eigenvalue weighted by atomic mass is 16.6. The lowest BCUT2D eigenvalue weighted by Gasteiger charge is -2.19. The number of nitrogens with one attached hydrogen (secondary N) is 1. The Bertz CT molecular complexity index is 623. The van der Waals surface area contributed by atoms with Gasteiger partial charge in [0.05, 0.1) is 6.54 Å². The molecule has 112 valence electrons. The first kappa shape index (κ1) is 15.2. The van der Waals surface area contributed by atoms with Crippen molar-refractivity contribution in [2.24, 2.45) is 0 Å². The van der Waals surface area contributed by atoms with Crippen LogP contribution in [0.3, 0.4) is 0 Å². The Balaban J connectivity index is 1.98. The molecule has 0 unspecified atom stereocenters. The third kappa shape index (κ3) is 4.38. The average molecular weight is 287 g/mol. The fourth-order valence-electron chi connectivity index (χ4n) is 1.94. The maximum atomic E-state index is 11.6. The Hall–Kier alpha value is -2.23. The van der Waals surface area contributed by atoms with E-state index >= 15 is 0 Å². The molecule has 1 aromatic heterocycles. The predicted octanol–water partition coefficient (Wildman–Crippen LogP) is 4.28. The van der Waals surface area contributed by atoms with Crippen LogP contribution in [0, 0.1) is 6.92 Å². The minimum atomic E-state index is -0.500. The molecule has 0 aliphatic rings. The normalized spacial score (nSPS) is 11.2. The second-order valence-corrected chi connectivity index (χ2v) is 5.94. The molecule has 4 nitrogen and oxygen atoms in total. The van der Waals surface area contributed by atoms with E-state index in [-0.39, 0.29) is 0 Å². The zero-order valence-corrected chi connectivity index (χ0v) is 12.9. The summed E-state index contributed by atoms with van der Waals surface area (Å²) in [6.45, 7) is 7.83. The van der Waals surface area contributed by atoms with Crippen molar-refractivity contribution in [2.45, 2.75) is 39.8 Å². The third-order valence-corrected chi connectivity index (χ3v) is 2.88. The first-order valence-electron chi connectivity index (χ1n) is 6.97. The maximum Gasteiger partial charge on any atom is 0.408 e. The number of carbonyl (C=O) groups is 1. The van der Waals surface area contributed by atoms with Gasteiger partial charge >= 0.3 is 6.09 Å². The molecular formula is C17H21NO3. The highest BCUT2D eigenvalue weighted by molar-refractivity contribution is 5.67. The van der Waals surface area contributed by atoms with Crippen LogP contribution in [0.15, 0.2) is 40.8 Å². The van der Waals surface area contributed by atoms with Gasteiger partial charge in [-0.15, -0.1) is 0 Å². The molecule has 0 fully saturated rings. The van der Waals surface area contributed by atoms with Gasteiger partial charge in [-0.25, -0.2) is 4.79 Å². The zero-order valence-electron chi connectivity index (χ0n) is 12.9. The van der Waals surface area contributed by atoms with Crippen LogP contribution in [0.1, 0.15) is 32.1 Å². The average Bonchev–Trinajstić information content (AvgIpc) is 2.83. The first-order valence-corrected chi connectivity index (χ1v) is 6.97. The molecule has 2 aromatic rings. The van der Waals surface area contributed by atoms with E-state index in [0.29, 0.717) is 12.3 Å². The number of amides is 1. The van der Waals surface area contributed by atoms with E-state index in [1.807, 2.05) is 64.1 Å². The molecule has 1 heterocycles. The largest absolute Gasteiger partial charge is 0.459 e. The van der Waals surface area contributed by atoms with E-state index in [9.17, 15) is 4.79 Å². The Kier molecular flexibility index (Phi) is 4.36. The minimum absolute atomic E-state index is 0.306. The highest BCUT2D eigenvalue weighted by Crippen LogP contribution is 2.25. The fraction of sp³-hybridized carbons (Fsp3) is 0.353. The predicted molar refractivity (Wildman–Crippen MR) is 82.0 cm³/mol. The van der Waals surface area contributed by atoms with Crippen LogP contribution in [-0.4, -0.2) is 11.7 Å². The van der Waals surface area contributed by atoms with E-state index in [1.165, 1.54) is 0 Å². The first-order chi connectivity index (χ1) is 9.85. The van der Waals surface area contributed by atoms with Gasteiger partial charge in [-0.05, 0) is 45.4 Å². The quantitative estimate of drug-likeness (QED) is 0.916. The summed E-state index contributed by atoms with van der Waals surface area (Å²) >= 11 is 0. The molecule has 0 saturated heterocycles. The van der Waals surface area contributed by atoms with Crippen molar-refractivity contribution in [2.75, 3.05) is 0 Å². The lowest BCUT2D eigenvalue weighted by molar-refractivity contribution is 0.0520. The minimum Gasteiger partial charge on any atom is -0.459 e. The van der Waals surface area contributed by atoms with Gasteiger partial charge in [0, 0.05) is 5.56 Å². The molecule has 0 aliphatic carbocycles. The number of aryl methyl sites for hydroxylation is 1. The Morgan fingerprint density at radius 1 is 1.19 bits per heavy atom. The van der Waals surface area contributed by atoms with Crippen LogP contribution in [0.2, 0.25) is 0 Å². The molecule has 21 heavy (non-hydrogen) atoms. The third-order valence-electron chi connectivity index (χ3n) is 2.88. The zero-order chi connectivity index (χ0) is 15.5. The van der Waals surface area contributed by atoms with E-state index in [4.69, 9.17) is 9.15 Å². The van der Waals surface area contributed by atoms with Crippen LogP contribution in [0.5, 0.6) is 0 Å². The van der Waals surface area contributed by atoms with E-state index < -0.39 is 11.7 Å². The molecular weight excluding hydrogens is 266 g/mol. The number of hydrogen-bond acceptors (Lipinski definition) is 3. The fourth-order valence-corrected chi connectivity index (χ4v) is 1.94. The van der Waals surface area contributed by atoms with Gasteiger partial charge in [0.15, 0.2) is 0 Å². The van der Waals surface area contributed by atoms with Crippen molar-refractivity contribution in [3.05, 3.63) is 47.7 Å². The van der Waals surface area contributed by atoms with Crippen molar-refractivity contribution < 1.29 is 13.9 Å². The van der Waals surface area contributed by atoms with Crippen molar-refractivity contribution in [1.82, 2.24) is 5.32 Å². The second-order valence-electron chi connectivity index (χ2n) is 5.94. The Morgan fingerprint density at radius 3 is 2.57 bits per heavy atom. The van der Waals surface area contributed by atoms with Gasteiger partial charge in [-0.3, -0.25) is 0 Å². The summed E-state index contributed by atoms with van der Waals surface area (Å²) < 4.78 is 10.9. The summed E-state index contributed by atoms with van der Waals surface area (Å²) in [5, 5.41) is 2.68. The monoisotopic (exact) mass is 287 g/mol. The molecule has 0 radical (unpaired) electrons. The summed E-state index contributed by atoms with van der Waals surface area (Å²) in [5.74, 6) is 1.49. The summed E-state index contributed by atoms with van der Waals surface area (Å²) in [6, 6.07) is 11.8. The summed E-state index contributed by atoms with van der Waals surface area (Å²) in [4.78, 5) is 11.6. The Labute approximate surface area is 125 Å². The van der Waals surface area contributed by atoms with Gasteiger partial charge < -0.3 is 14.5 Å². The molecule has 1 amide bonds. The van der Waals surface area contributed by atoms with Crippen molar-refractivity contribution in [3.63, 3.8) is 0 Å². The lowest BCUT2D eigenvalue weighted by Crippen LogP contribution is -2.32. The summed E-state index contributed by atoms with van der Waals surface area (Å²) in [7, 11) is 0. The number of rotatable bonds is 3. The molecule has 0 spiro atoms. The smallest absolute Gasteiger partial charge is 0.408 e. The van der Waals surface area contributed by atoms with E-state index in [0.717, 1.165) is 16.9 Å². The molecule has 0 atom stereocenters. The van der Waals surface area contributed by atoms with Crippen LogP contribution < -0.4 is 5.32 Å². The van der Waals surface area contributed by atoms with Crippen LogP contribution in [0.25, 0.3) is 11.3 Å². The molecule has 0 saturated carbocycles. The van der Waals surface area contributed by atoms with Crippen LogP contribution >= 0.6 is 0 Å². The number of hydrogen-bond donors (Lipinski definition) is 1. The summed E-state index contributed by atoms with van der Waals surface area (Å²) in [5.41, 5.74) is 1.71. The topological polar surface area (TPSA) is 51.5 Å². The molecule has 4 heteroatoms. The van der Waals surface area contributed by atoms with Crippen LogP contribution in [0.4, 0.5) is 4.79 Å². The Morgan fingerprint density at radius 2 is 1.90 bits per heavy atom. The molecule has 0 bridgehead atoms. The van der Waals surface area contributed by atoms with Gasteiger partial charge in [-0.1, -0.05) is 24.3 Å². The van der Waals surface area contributed by atoms with E-state index in [2.05, 4.69) is 5.32 Å². The lowest BCUT2D eigenvalue weighted by atomic mass is 10.1. The van der Waals surface area contributed by atoms with Gasteiger partial charge in [0.1, 0.15) is 17.1 Å². The SMILES string of the molecule is Cc1ccccc1-c1ccc(CNC(=O)OC(C)(C)C)o1. The number of benzene rings is 1. The van der Waals surface area contributed by atoms with Crippen molar-refractivity contribution >= 4 is 6.09 Å². The molecule has 1 N–H and O–H groups in total. The summed E-state index contributed by atoms with van der Waals surface area (Å²) in [6.07, 6.45) is -0.448. The number of carbonyl (C=O) groups excluding carboxylic acids is 1. The molecule has 1 aromatic carbocycles. The molecule has 2 rings (SSSR count). The van der Waals surface area contributed by atoms with Gasteiger partial charge in [-0.2, -0.15) is 0 Å². The standard InChI is InChI=1S/C17H21NO3/c1-12-7-5-6-8-14(12)15-10-9-13(20-15)11-18-16(19)21-17(2,3)4/h5-10H,11H2,1-4H3,(H,18,19). The van der Waals surface area contributed by atoms with Gasteiger partial charge in [0.25, 0.3) is 0 Å². The number of ether oxygens (including phenoxy) is 1.